The van der Waals surface area contributed by atoms with Gasteiger partial charge in [0, 0.05) is 28.2 Å². The lowest BCUT2D eigenvalue weighted by molar-refractivity contribution is -0.117. The molecule has 0 atom stereocenters. The first-order valence-electron chi connectivity index (χ1n) is 8.16. The molecule has 1 aliphatic carbocycles. The zero-order chi connectivity index (χ0) is 16.7. The third kappa shape index (κ3) is 2.60. The van der Waals surface area contributed by atoms with Crippen LogP contribution in [0.15, 0.2) is 54.6 Å². The van der Waals surface area contributed by atoms with E-state index in [1.165, 1.54) is 0 Å². The summed E-state index contributed by atoms with van der Waals surface area (Å²) in [4.78, 5) is 24.7. The molecule has 0 spiro atoms. The molecule has 1 heterocycles. The number of carbonyl (C=O) groups excluding carboxylic acids is 2. The molecule has 24 heavy (non-hydrogen) atoms. The first-order valence-corrected chi connectivity index (χ1v) is 8.16. The number of carbonyl (C=O) groups is 2. The van der Waals surface area contributed by atoms with E-state index in [1.807, 2.05) is 61.5 Å². The SMILES string of the molecule is Cc1cc2cc(NC(=O)C3CC3)ccc2n1C(=O)c1ccccc1. The lowest BCUT2D eigenvalue weighted by atomic mass is 10.2. The van der Waals surface area contributed by atoms with Crippen molar-refractivity contribution >= 4 is 28.4 Å². The van der Waals surface area contributed by atoms with Gasteiger partial charge in [-0.3, -0.25) is 14.2 Å². The molecule has 0 unspecified atom stereocenters. The summed E-state index contributed by atoms with van der Waals surface area (Å²) in [5.74, 6) is 0.218. The number of anilines is 1. The van der Waals surface area contributed by atoms with Crippen LogP contribution in [0.5, 0.6) is 0 Å². The zero-order valence-corrected chi connectivity index (χ0v) is 13.5. The van der Waals surface area contributed by atoms with Crippen molar-refractivity contribution in [1.82, 2.24) is 4.57 Å². The van der Waals surface area contributed by atoms with Crippen LogP contribution in [0.4, 0.5) is 5.69 Å². The van der Waals surface area contributed by atoms with Gasteiger partial charge in [-0.2, -0.15) is 0 Å². The fourth-order valence-electron chi connectivity index (χ4n) is 3.00. The van der Waals surface area contributed by atoms with E-state index in [1.54, 1.807) is 4.57 Å². The number of hydrogen-bond donors (Lipinski definition) is 1. The minimum absolute atomic E-state index is 0.0436. The summed E-state index contributed by atoms with van der Waals surface area (Å²) in [5.41, 5.74) is 3.17. The molecule has 1 saturated carbocycles. The number of nitrogens with zero attached hydrogens (tertiary/aromatic N) is 1. The van der Waals surface area contributed by atoms with Crippen LogP contribution in [-0.2, 0) is 4.79 Å². The van der Waals surface area contributed by atoms with Crippen LogP contribution < -0.4 is 5.32 Å². The van der Waals surface area contributed by atoms with Gasteiger partial charge in [0.25, 0.3) is 5.91 Å². The van der Waals surface area contributed by atoms with E-state index in [0.717, 1.165) is 35.1 Å². The second kappa shape index (κ2) is 5.64. The van der Waals surface area contributed by atoms with Crippen LogP contribution in [0.2, 0.25) is 0 Å². The van der Waals surface area contributed by atoms with Crippen molar-refractivity contribution in [3.63, 3.8) is 0 Å². The maximum Gasteiger partial charge on any atom is 0.262 e. The fraction of sp³-hybridized carbons (Fsp3) is 0.200. The van der Waals surface area contributed by atoms with Crippen molar-refractivity contribution in [3.8, 4) is 0 Å². The van der Waals surface area contributed by atoms with Gasteiger partial charge < -0.3 is 5.32 Å². The van der Waals surface area contributed by atoms with Gasteiger partial charge in [-0.1, -0.05) is 18.2 Å². The summed E-state index contributed by atoms with van der Waals surface area (Å²) in [7, 11) is 0. The van der Waals surface area contributed by atoms with E-state index in [2.05, 4.69) is 5.32 Å². The second-order valence-corrected chi connectivity index (χ2v) is 6.33. The highest BCUT2D eigenvalue weighted by atomic mass is 16.2. The highest BCUT2D eigenvalue weighted by molar-refractivity contribution is 6.04. The molecule has 120 valence electrons. The Hall–Kier alpha value is -2.88. The van der Waals surface area contributed by atoms with Crippen LogP contribution >= 0.6 is 0 Å². The minimum Gasteiger partial charge on any atom is -0.326 e. The van der Waals surface area contributed by atoms with E-state index in [4.69, 9.17) is 0 Å². The van der Waals surface area contributed by atoms with Gasteiger partial charge in [0.2, 0.25) is 5.91 Å². The molecule has 1 amide bonds. The van der Waals surface area contributed by atoms with E-state index in [9.17, 15) is 9.59 Å². The van der Waals surface area contributed by atoms with E-state index in [-0.39, 0.29) is 17.7 Å². The largest absolute Gasteiger partial charge is 0.326 e. The average molecular weight is 318 g/mol. The van der Waals surface area contributed by atoms with Gasteiger partial charge in [0.1, 0.15) is 0 Å². The summed E-state index contributed by atoms with van der Waals surface area (Å²) in [6.07, 6.45) is 1.96. The van der Waals surface area contributed by atoms with Crippen LogP contribution in [0.1, 0.15) is 28.9 Å². The average Bonchev–Trinajstić information content (AvgIpc) is 3.38. The van der Waals surface area contributed by atoms with Crippen molar-refractivity contribution in [1.29, 1.82) is 0 Å². The van der Waals surface area contributed by atoms with Gasteiger partial charge in [-0.15, -0.1) is 0 Å². The molecule has 1 aliphatic rings. The summed E-state index contributed by atoms with van der Waals surface area (Å²) in [5, 5.41) is 3.90. The Morgan fingerprint density at radius 1 is 1.04 bits per heavy atom. The number of amides is 1. The Morgan fingerprint density at radius 2 is 1.79 bits per heavy atom. The molecule has 0 bridgehead atoms. The summed E-state index contributed by atoms with van der Waals surface area (Å²) in [6, 6.07) is 16.9. The Labute approximate surface area is 140 Å². The highest BCUT2D eigenvalue weighted by Gasteiger charge is 2.29. The molecule has 1 fully saturated rings. The van der Waals surface area contributed by atoms with Crippen molar-refractivity contribution in [3.05, 3.63) is 65.9 Å². The number of fused-ring (bicyclic) bond motifs is 1. The van der Waals surface area contributed by atoms with Crippen molar-refractivity contribution in [2.45, 2.75) is 19.8 Å². The van der Waals surface area contributed by atoms with Crippen molar-refractivity contribution in [2.24, 2.45) is 5.92 Å². The first-order chi connectivity index (χ1) is 11.6. The predicted octanol–water partition coefficient (Wildman–Crippen LogP) is 3.99. The number of benzene rings is 2. The van der Waals surface area contributed by atoms with Gasteiger partial charge >= 0.3 is 0 Å². The van der Waals surface area contributed by atoms with E-state index in [0.29, 0.717) is 5.56 Å². The maximum atomic E-state index is 12.8. The van der Waals surface area contributed by atoms with Gasteiger partial charge in [0.15, 0.2) is 0 Å². The molecule has 4 heteroatoms. The number of hydrogen-bond acceptors (Lipinski definition) is 2. The molecule has 3 aromatic rings. The fourth-order valence-corrected chi connectivity index (χ4v) is 3.00. The van der Waals surface area contributed by atoms with E-state index >= 15 is 0 Å². The molecule has 2 aromatic carbocycles. The first kappa shape index (κ1) is 14.7. The molecule has 4 nitrogen and oxygen atoms in total. The van der Waals surface area contributed by atoms with Crippen molar-refractivity contribution < 1.29 is 9.59 Å². The van der Waals surface area contributed by atoms with Gasteiger partial charge in [0.05, 0.1) is 5.52 Å². The lowest BCUT2D eigenvalue weighted by Crippen LogP contribution is -2.14. The van der Waals surface area contributed by atoms with Crippen LogP contribution in [-0.4, -0.2) is 16.4 Å². The van der Waals surface area contributed by atoms with Gasteiger partial charge in [-0.25, -0.2) is 0 Å². The molecule has 0 saturated heterocycles. The van der Waals surface area contributed by atoms with E-state index < -0.39 is 0 Å². The molecule has 1 aromatic heterocycles. The third-order valence-electron chi connectivity index (χ3n) is 4.43. The standard InChI is InChI=1S/C20H18N2O2/c1-13-11-16-12-17(21-19(23)14-7-8-14)9-10-18(16)22(13)20(24)15-5-3-2-4-6-15/h2-6,9-12,14H,7-8H2,1H3,(H,21,23). The molecule has 1 N–H and O–H groups in total. The quantitative estimate of drug-likeness (QED) is 0.794. The number of nitrogens with one attached hydrogen (secondary N) is 1. The van der Waals surface area contributed by atoms with Gasteiger partial charge in [-0.05, 0) is 56.2 Å². The van der Waals surface area contributed by atoms with Crippen molar-refractivity contribution in [2.75, 3.05) is 5.32 Å². The van der Waals surface area contributed by atoms with Crippen LogP contribution in [0, 0.1) is 12.8 Å². The Kier molecular flexibility index (Phi) is 3.45. The monoisotopic (exact) mass is 318 g/mol. The third-order valence-corrected chi connectivity index (χ3v) is 4.43. The number of rotatable bonds is 3. The highest BCUT2D eigenvalue weighted by Crippen LogP contribution is 2.31. The van der Waals surface area contributed by atoms with Crippen LogP contribution in [0.3, 0.4) is 0 Å². The summed E-state index contributed by atoms with van der Waals surface area (Å²) >= 11 is 0. The number of aromatic nitrogens is 1. The zero-order valence-electron chi connectivity index (χ0n) is 13.5. The molecular weight excluding hydrogens is 300 g/mol. The Bertz CT molecular complexity index is 937. The maximum absolute atomic E-state index is 12.8. The lowest BCUT2D eigenvalue weighted by Gasteiger charge is -2.08. The summed E-state index contributed by atoms with van der Waals surface area (Å²) in [6.45, 7) is 1.92. The smallest absolute Gasteiger partial charge is 0.262 e. The predicted molar refractivity (Wildman–Crippen MR) is 94.2 cm³/mol. The molecular formula is C20H18N2O2. The Balaban J connectivity index is 1.70. The topological polar surface area (TPSA) is 51.1 Å². The minimum atomic E-state index is -0.0436. The Morgan fingerprint density at radius 3 is 2.50 bits per heavy atom. The number of aryl methyl sites for hydroxylation is 1. The summed E-state index contributed by atoms with van der Waals surface area (Å²) < 4.78 is 1.72. The molecule has 0 aliphatic heterocycles. The second-order valence-electron chi connectivity index (χ2n) is 6.33. The van der Waals surface area contributed by atoms with Crippen LogP contribution in [0.25, 0.3) is 10.9 Å². The normalized spacial score (nSPS) is 13.9. The molecule has 4 rings (SSSR count). The molecule has 0 radical (unpaired) electrons.